The van der Waals surface area contributed by atoms with Crippen LogP contribution in [-0.2, 0) is 4.79 Å². The number of fused-ring (bicyclic) bond motifs is 1. The van der Waals surface area contributed by atoms with Crippen molar-refractivity contribution in [2.45, 2.75) is 39.0 Å². The largest absolute Gasteiger partial charge is 0.478 e. The molecule has 0 saturated heterocycles. The van der Waals surface area contributed by atoms with Crippen LogP contribution < -0.4 is 9.47 Å². The minimum atomic E-state index is -4.85. The van der Waals surface area contributed by atoms with Gasteiger partial charge < -0.3 is 14.6 Å². The van der Waals surface area contributed by atoms with Crippen molar-refractivity contribution < 1.29 is 32.5 Å². The molecular weight excluding hydrogens is 373 g/mol. The van der Waals surface area contributed by atoms with E-state index in [0.29, 0.717) is 17.4 Å². The maximum atomic E-state index is 13.2. The summed E-state index contributed by atoms with van der Waals surface area (Å²) in [5.74, 6) is -0.564. The number of aryl methyl sites for hydroxylation is 1. The van der Waals surface area contributed by atoms with Gasteiger partial charge in [-0.1, -0.05) is 26.0 Å². The van der Waals surface area contributed by atoms with Crippen LogP contribution in [0.15, 0.2) is 42.0 Å². The van der Waals surface area contributed by atoms with Crippen molar-refractivity contribution in [2.75, 3.05) is 0 Å². The highest BCUT2D eigenvalue weighted by Gasteiger charge is 2.48. The standard InChI is InChI=1S/C21H19F3O4/c1-11(2)13-5-4-12(3)17(9-13)27-15-7-6-14-8-16(20(25)26)19(21(22,23)24)28-18(14)10-15/h4-11,19H,1-3H3,(H,25,26). The van der Waals surface area contributed by atoms with Gasteiger partial charge in [-0.05, 0) is 48.2 Å². The maximum Gasteiger partial charge on any atom is 0.430 e. The van der Waals surface area contributed by atoms with Gasteiger partial charge in [0, 0.05) is 11.6 Å². The second-order valence-electron chi connectivity index (χ2n) is 6.93. The van der Waals surface area contributed by atoms with Gasteiger partial charge in [0.05, 0.1) is 5.57 Å². The summed E-state index contributed by atoms with van der Waals surface area (Å²) in [7, 11) is 0. The minimum absolute atomic E-state index is 0.0810. The number of ether oxygens (including phenoxy) is 2. The molecule has 1 aliphatic rings. The molecule has 28 heavy (non-hydrogen) atoms. The maximum absolute atomic E-state index is 13.2. The number of alkyl halides is 3. The molecular formula is C21H19F3O4. The van der Waals surface area contributed by atoms with Crippen molar-refractivity contribution >= 4 is 12.0 Å². The molecule has 4 nitrogen and oxygen atoms in total. The van der Waals surface area contributed by atoms with Crippen LogP contribution in [0.25, 0.3) is 6.08 Å². The zero-order chi connectivity index (χ0) is 20.6. The molecule has 0 aromatic heterocycles. The molecule has 3 rings (SSSR count). The van der Waals surface area contributed by atoms with Crippen LogP contribution in [0.1, 0.15) is 36.5 Å². The molecule has 7 heteroatoms. The Kier molecular flexibility index (Phi) is 5.10. The first-order valence-electron chi connectivity index (χ1n) is 8.67. The van der Waals surface area contributed by atoms with Crippen molar-refractivity contribution in [3.05, 3.63) is 58.7 Å². The molecule has 0 radical (unpaired) electrons. The first kappa shape index (κ1) is 19.8. The fourth-order valence-electron chi connectivity index (χ4n) is 2.86. The van der Waals surface area contributed by atoms with Crippen LogP contribution in [0, 0.1) is 6.92 Å². The molecule has 0 fully saturated rings. The number of carboxylic acid groups (broad SMARTS) is 1. The Hall–Kier alpha value is -2.96. The third-order valence-corrected chi connectivity index (χ3v) is 4.47. The Morgan fingerprint density at radius 1 is 1.18 bits per heavy atom. The average Bonchev–Trinajstić information content (AvgIpc) is 2.61. The predicted molar refractivity (Wildman–Crippen MR) is 97.9 cm³/mol. The van der Waals surface area contributed by atoms with E-state index in [9.17, 15) is 18.0 Å². The van der Waals surface area contributed by atoms with E-state index >= 15 is 0 Å². The van der Waals surface area contributed by atoms with E-state index < -0.39 is 23.8 Å². The molecule has 0 spiro atoms. The van der Waals surface area contributed by atoms with Gasteiger partial charge in [-0.2, -0.15) is 13.2 Å². The Balaban J connectivity index is 1.95. The molecule has 148 valence electrons. The first-order valence-corrected chi connectivity index (χ1v) is 8.67. The fraction of sp³-hybridized carbons (Fsp3) is 0.286. The predicted octanol–water partition coefficient (Wildman–Crippen LogP) is 5.70. The number of carboxylic acids is 1. The normalized spacial score (nSPS) is 16.2. The SMILES string of the molecule is Cc1ccc(C(C)C)cc1Oc1ccc2c(c1)OC(C(F)(F)F)C(C(=O)O)=C2. The number of benzene rings is 2. The van der Waals surface area contributed by atoms with Crippen LogP contribution in [0.2, 0.25) is 0 Å². The van der Waals surface area contributed by atoms with Gasteiger partial charge in [0.25, 0.3) is 0 Å². The van der Waals surface area contributed by atoms with Gasteiger partial charge in [-0.3, -0.25) is 0 Å². The molecule has 0 saturated carbocycles. The van der Waals surface area contributed by atoms with E-state index in [1.807, 2.05) is 39.0 Å². The molecule has 2 aromatic rings. The molecule has 0 aliphatic carbocycles. The summed E-state index contributed by atoms with van der Waals surface area (Å²) in [5.41, 5.74) is 1.34. The lowest BCUT2D eigenvalue weighted by Gasteiger charge is -2.27. The van der Waals surface area contributed by atoms with Gasteiger partial charge in [0.15, 0.2) is 0 Å². The quantitative estimate of drug-likeness (QED) is 0.725. The zero-order valence-electron chi connectivity index (χ0n) is 15.5. The third-order valence-electron chi connectivity index (χ3n) is 4.47. The van der Waals surface area contributed by atoms with Crippen molar-refractivity contribution in [1.29, 1.82) is 0 Å². The summed E-state index contributed by atoms with van der Waals surface area (Å²) in [5, 5.41) is 9.08. The fourth-order valence-corrected chi connectivity index (χ4v) is 2.86. The van der Waals surface area contributed by atoms with Gasteiger partial charge in [-0.25, -0.2) is 4.79 Å². The topological polar surface area (TPSA) is 55.8 Å². The molecule has 0 amide bonds. The highest BCUT2D eigenvalue weighted by molar-refractivity contribution is 5.95. The number of halogens is 3. The molecule has 1 unspecified atom stereocenters. The van der Waals surface area contributed by atoms with Crippen molar-refractivity contribution in [3.63, 3.8) is 0 Å². The lowest BCUT2D eigenvalue weighted by molar-refractivity contribution is -0.187. The van der Waals surface area contributed by atoms with E-state index in [4.69, 9.17) is 14.6 Å². The molecule has 1 atom stereocenters. The van der Waals surface area contributed by atoms with Crippen LogP contribution in [0.3, 0.4) is 0 Å². The van der Waals surface area contributed by atoms with E-state index in [0.717, 1.165) is 17.2 Å². The summed E-state index contributed by atoms with van der Waals surface area (Å²) in [6.07, 6.45) is -6.40. The molecule has 1 aliphatic heterocycles. The smallest absolute Gasteiger partial charge is 0.430 e. The average molecular weight is 392 g/mol. The van der Waals surface area contributed by atoms with Crippen LogP contribution in [0.5, 0.6) is 17.2 Å². The highest BCUT2D eigenvalue weighted by Crippen LogP contribution is 2.40. The number of hydrogen-bond acceptors (Lipinski definition) is 3. The minimum Gasteiger partial charge on any atom is -0.478 e. The Morgan fingerprint density at radius 2 is 1.89 bits per heavy atom. The van der Waals surface area contributed by atoms with E-state index in [-0.39, 0.29) is 11.3 Å². The number of hydrogen-bond donors (Lipinski definition) is 1. The Bertz CT molecular complexity index is 945. The Morgan fingerprint density at radius 3 is 2.50 bits per heavy atom. The zero-order valence-corrected chi connectivity index (χ0v) is 15.5. The van der Waals surface area contributed by atoms with Gasteiger partial charge >= 0.3 is 12.1 Å². The van der Waals surface area contributed by atoms with Crippen LogP contribution in [-0.4, -0.2) is 23.4 Å². The monoisotopic (exact) mass is 392 g/mol. The molecule has 1 N–H and O–H groups in total. The summed E-state index contributed by atoms with van der Waals surface area (Å²) in [4.78, 5) is 11.2. The summed E-state index contributed by atoms with van der Waals surface area (Å²) in [6, 6.07) is 10.2. The van der Waals surface area contributed by atoms with Gasteiger partial charge in [0.1, 0.15) is 17.2 Å². The lowest BCUT2D eigenvalue weighted by atomic mass is 10.0. The second kappa shape index (κ2) is 7.22. The molecule has 0 bridgehead atoms. The van der Waals surface area contributed by atoms with Crippen molar-refractivity contribution in [1.82, 2.24) is 0 Å². The van der Waals surface area contributed by atoms with E-state index in [1.54, 1.807) is 6.07 Å². The molecule has 1 heterocycles. The van der Waals surface area contributed by atoms with Gasteiger partial charge in [-0.15, -0.1) is 0 Å². The highest BCUT2D eigenvalue weighted by atomic mass is 19.4. The number of rotatable bonds is 4. The number of aliphatic carboxylic acids is 1. The van der Waals surface area contributed by atoms with E-state index in [1.165, 1.54) is 12.1 Å². The van der Waals surface area contributed by atoms with Crippen molar-refractivity contribution in [3.8, 4) is 17.2 Å². The first-order chi connectivity index (χ1) is 13.1. The Labute approximate surface area is 160 Å². The summed E-state index contributed by atoms with van der Waals surface area (Å²) >= 11 is 0. The van der Waals surface area contributed by atoms with E-state index in [2.05, 4.69) is 0 Å². The van der Waals surface area contributed by atoms with Crippen LogP contribution in [0.4, 0.5) is 13.2 Å². The lowest BCUT2D eigenvalue weighted by Crippen LogP contribution is -2.40. The second-order valence-corrected chi connectivity index (χ2v) is 6.93. The van der Waals surface area contributed by atoms with Crippen molar-refractivity contribution in [2.24, 2.45) is 0 Å². The van der Waals surface area contributed by atoms with Gasteiger partial charge in [0.2, 0.25) is 6.10 Å². The third kappa shape index (κ3) is 3.98. The molecule has 2 aromatic carbocycles. The number of carbonyl (C=O) groups is 1. The summed E-state index contributed by atoms with van der Waals surface area (Å²) in [6.45, 7) is 5.96. The van der Waals surface area contributed by atoms with Crippen LogP contribution >= 0.6 is 0 Å². The summed E-state index contributed by atoms with van der Waals surface area (Å²) < 4.78 is 50.5.